The Balaban J connectivity index is 2.12. The van der Waals surface area contributed by atoms with E-state index in [1.165, 1.54) is 23.7 Å². The summed E-state index contributed by atoms with van der Waals surface area (Å²) in [6.07, 6.45) is -3.37. The fourth-order valence-electron chi connectivity index (χ4n) is 2.35. The molecular weight excluding hydrogens is 471 g/mol. The Morgan fingerprint density at radius 1 is 1.41 bits per heavy atom. The summed E-state index contributed by atoms with van der Waals surface area (Å²) in [6, 6.07) is 3.25. The van der Waals surface area contributed by atoms with Crippen LogP contribution >= 0.6 is 35.2 Å². The molecule has 2 aromatic rings. The smallest absolute Gasteiger partial charge is 0.390 e. The standard InChI is InChI=1S/C16H17ClF3N3O3S3/c1-2-23(12(27)5-8-29(25,26)9-6-16(18,19)20)15-13(17)21-14(28-15)11-4-3-7-22(24)10-11/h3-4,7,10H,2,5-6,8-9H2,1H3. The van der Waals surface area contributed by atoms with Gasteiger partial charge in [0, 0.05) is 19.0 Å². The molecule has 0 fully saturated rings. The van der Waals surface area contributed by atoms with Gasteiger partial charge in [0.1, 0.15) is 10.0 Å². The summed E-state index contributed by atoms with van der Waals surface area (Å²) in [5.74, 6) is -1.46. The number of pyridine rings is 1. The molecular formula is C16H17ClF3N3O3S3. The lowest BCUT2D eigenvalue weighted by atomic mass is 10.3. The lowest BCUT2D eigenvalue weighted by molar-refractivity contribution is -0.604. The Kier molecular flexibility index (Phi) is 7.82. The molecule has 0 aliphatic rings. The van der Waals surface area contributed by atoms with E-state index in [1.54, 1.807) is 24.0 Å². The summed E-state index contributed by atoms with van der Waals surface area (Å²) in [5, 5.41) is 12.5. The predicted molar refractivity (Wildman–Crippen MR) is 111 cm³/mol. The zero-order chi connectivity index (χ0) is 21.8. The molecule has 0 aromatic carbocycles. The van der Waals surface area contributed by atoms with Crippen molar-refractivity contribution in [1.82, 2.24) is 4.98 Å². The van der Waals surface area contributed by atoms with Gasteiger partial charge in [0.2, 0.25) is 0 Å². The van der Waals surface area contributed by atoms with Crippen LogP contribution in [0.15, 0.2) is 24.5 Å². The lowest BCUT2D eigenvalue weighted by Gasteiger charge is -2.22. The largest absolute Gasteiger partial charge is 0.619 e. The van der Waals surface area contributed by atoms with Gasteiger partial charge < -0.3 is 10.1 Å². The number of nitrogens with zero attached hydrogens (tertiary/aromatic N) is 3. The number of sulfone groups is 1. The van der Waals surface area contributed by atoms with Crippen molar-refractivity contribution in [3.63, 3.8) is 0 Å². The summed E-state index contributed by atoms with van der Waals surface area (Å²) in [5.41, 5.74) is 0.553. The highest BCUT2D eigenvalue weighted by Crippen LogP contribution is 2.37. The van der Waals surface area contributed by atoms with Gasteiger partial charge in [-0.15, -0.1) is 0 Å². The monoisotopic (exact) mass is 487 g/mol. The summed E-state index contributed by atoms with van der Waals surface area (Å²) in [4.78, 5) is 6.04. The van der Waals surface area contributed by atoms with Gasteiger partial charge in [-0.25, -0.2) is 13.4 Å². The first-order valence-electron chi connectivity index (χ1n) is 8.35. The van der Waals surface area contributed by atoms with E-state index in [0.29, 0.717) is 26.8 Å². The second kappa shape index (κ2) is 9.54. The van der Waals surface area contributed by atoms with Crippen LogP contribution in [0.25, 0.3) is 10.6 Å². The summed E-state index contributed by atoms with van der Waals surface area (Å²) in [7, 11) is -3.90. The first-order chi connectivity index (χ1) is 13.4. The maximum atomic E-state index is 12.3. The molecule has 0 N–H and O–H groups in total. The molecule has 0 aliphatic heterocycles. The maximum absolute atomic E-state index is 12.3. The second-order valence-corrected chi connectivity index (χ2v) is 10.1. The molecule has 0 atom stereocenters. The molecule has 29 heavy (non-hydrogen) atoms. The van der Waals surface area contributed by atoms with E-state index in [0.717, 1.165) is 0 Å². The SMILES string of the molecule is CCN(C(=S)CCS(=O)(=O)CCC(F)(F)F)c1sc(-c2ccc[n+]([O-])c2)nc1Cl. The zero-order valence-electron chi connectivity index (χ0n) is 15.1. The number of thiocarbonyl (C=S) groups is 1. The molecule has 2 rings (SSSR count). The topological polar surface area (TPSA) is 77.2 Å². The van der Waals surface area contributed by atoms with Gasteiger partial charge in [0.25, 0.3) is 0 Å². The predicted octanol–water partition coefficient (Wildman–Crippen LogP) is 4.01. The summed E-state index contributed by atoms with van der Waals surface area (Å²) in [6.45, 7) is 2.13. The number of hydrogen-bond acceptors (Lipinski definition) is 6. The number of alkyl halides is 3. The van der Waals surface area contributed by atoms with E-state index in [9.17, 15) is 26.8 Å². The number of halogens is 4. The number of aromatic nitrogens is 2. The van der Waals surface area contributed by atoms with Crippen LogP contribution in [0.2, 0.25) is 5.15 Å². The summed E-state index contributed by atoms with van der Waals surface area (Å²) < 4.78 is 61.1. The molecule has 0 unspecified atom stereocenters. The quantitative estimate of drug-likeness (QED) is 0.318. The first-order valence-corrected chi connectivity index (χ1v) is 11.8. The van der Waals surface area contributed by atoms with Crippen molar-refractivity contribution in [1.29, 1.82) is 0 Å². The Bertz CT molecular complexity index is 981. The van der Waals surface area contributed by atoms with E-state index < -0.39 is 33.9 Å². The average molecular weight is 488 g/mol. The number of thiazole rings is 1. The van der Waals surface area contributed by atoms with Crippen LogP contribution in [0.1, 0.15) is 19.8 Å². The van der Waals surface area contributed by atoms with Gasteiger partial charge in [-0.2, -0.15) is 17.9 Å². The van der Waals surface area contributed by atoms with Crippen LogP contribution in [0.5, 0.6) is 0 Å². The molecule has 0 radical (unpaired) electrons. The zero-order valence-corrected chi connectivity index (χ0v) is 18.4. The minimum atomic E-state index is -4.53. The van der Waals surface area contributed by atoms with Gasteiger partial charge >= 0.3 is 6.18 Å². The van der Waals surface area contributed by atoms with Gasteiger partial charge in [-0.3, -0.25) is 0 Å². The van der Waals surface area contributed by atoms with E-state index in [-0.39, 0.29) is 16.6 Å². The molecule has 0 saturated heterocycles. The van der Waals surface area contributed by atoms with E-state index in [1.807, 2.05) is 0 Å². The Morgan fingerprint density at radius 3 is 2.69 bits per heavy atom. The van der Waals surface area contributed by atoms with Gasteiger partial charge in [-0.1, -0.05) is 35.2 Å². The molecule has 0 aliphatic carbocycles. The molecule has 6 nitrogen and oxygen atoms in total. The molecule has 0 amide bonds. The highest BCUT2D eigenvalue weighted by atomic mass is 35.5. The van der Waals surface area contributed by atoms with Crippen LogP contribution in [0.3, 0.4) is 0 Å². The number of anilines is 1. The lowest BCUT2D eigenvalue weighted by Crippen LogP contribution is -2.30. The minimum absolute atomic E-state index is 0.112. The van der Waals surface area contributed by atoms with E-state index in [4.69, 9.17) is 23.8 Å². The van der Waals surface area contributed by atoms with Crippen LogP contribution in [0, 0.1) is 5.21 Å². The van der Waals surface area contributed by atoms with Crippen molar-refractivity contribution >= 4 is 55.0 Å². The fraction of sp³-hybridized carbons (Fsp3) is 0.438. The van der Waals surface area contributed by atoms with Gasteiger partial charge in [-0.05, 0) is 13.0 Å². The van der Waals surface area contributed by atoms with Gasteiger partial charge in [0.15, 0.2) is 27.4 Å². The van der Waals surface area contributed by atoms with Crippen molar-refractivity contribution < 1.29 is 26.3 Å². The normalized spacial score (nSPS) is 12.2. The Hall–Kier alpha value is -1.50. The van der Waals surface area contributed by atoms with Crippen molar-refractivity contribution in [2.75, 3.05) is 23.0 Å². The highest BCUT2D eigenvalue weighted by molar-refractivity contribution is 7.91. The third-order valence-corrected chi connectivity index (χ3v) is 7.36. The minimum Gasteiger partial charge on any atom is -0.619 e. The fourth-order valence-corrected chi connectivity index (χ4v) is 5.50. The molecule has 2 heterocycles. The van der Waals surface area contributed by atoms with Crippen LogP contribution < -0.4 is 9.63 Å². The average Bonchev–Trinajstić information content (AvgIpc) is 3.00. The van der Waals surface area contributed by atoms with E-state index in [2.05, 4.69) is 4.98 Å². The molecule has 0 spiro atoms. The molecule has 160 valence electrons. The molecule has 2 aromatic heterocycles. The third kappa shape index (κ3) is 7.05. The molecule has 0 saturated carbocycles. The van der Waals surface area contributed by atoms with Crippen LogP contribution in [-0.4, -0.2) is 42.6 Å². The second-order valence-electron chi connectivity index (χ2n) is 5.97. The molecule has 13 heteroatoms. The maximum Gasteiger partial charge on any atom is 0.390 e. The number of rotatable bonds is 8. The highest BCUT2D eigenvalue weighted by Gasteiger charge is 2.30. The number of hydrogen-bond donors (Lipinski definition) is 0. The van der Waals surface area contributed by atoms with Crippen molar-refractivity contribution in [3.8, 4) is 10.6 Å². The van der Waals surface area contributed by atoms with Crippen molar-refractivity contribution in [3.05, 3.63) is 34.9 Å². The van der Waals surface area contributed by atoms with Crippen molar-refractivity contribution in [2.24, 2.45) is 0 Å². The van der Waals surface area contributed by atoms with Gasteiger partial charge in [0.05, 0.1) is 28.5 Å². The third-order valence-electron chi connectivity index (χ3n) is 3.78. The molecule has 0 bridgehead atoms. The van der Waals surface area contributed by atoms with Crippen LogP contribution in [-0.2, 0) is 9.84 Å². The van der Waals surface area contributed by atoms with Crippen LogP contribution in [0.4, 0.5) is 18.2 Å². The van der Waals surface area contributed by atoms with E-state index >= 15 is 0 Å². The van der Waals surface area contributed by atoms with Crippen molar-refractivity contribution in [2.45, 2.75) is 25.9 Å². The Labute approximate surface area is 180 Å². The summed E-state index contributed by atoms with van der Waals surface area (Å²) >= 11 is 12.7. The first kappa shape index (κ1) is 23.8. The Morgan fingerprint density at radius 2 is 2.10 bits per heavy atom.